The van der Waals surface area contributed by atoms with Gasteiger partial charge in [-0.1, -0.05) is 27.2 Å². The summed E-state index contributed by atoms with van der Waals surface area (Å²) >= 11 is 1.82. The molecule has 4 nitrogen and oxygen atoms in total. The number of hydrogen-bond donors (Lipinski definition) is 1. The smallest absolute Gasteiger partial charge is 0.269 e. The fourth-order valence-electron chi connectivity index (χ4n) is 2.33. The fourth-order valence-corrected chi connectivity index (χ4v) is 3.54. The minimum Gasteiger partial charge on any atom is -0.313 e. The molecule has 1 rings (SSSR count). The molecular formula is C16H26N2O2S. The maximum atomic E-state index is 10.7. The third-order valence-corrected chi connectivity index (χ3v) is 4.95. The van der Waals surface area contributed by atoms with Gasteiger partial charge in [-0.2, -0.15) is 0 Å². The Bertz CT molecular complexity index is 423. The monoisotopic (exact) mass is 310 g/mol. The molecule has 21 heavy (non-hydrogen) atoms. The molecule has 118 valence electrons. The summed E-state index contributed by atoms with van der Waals surface area (Å²) in [5.74, 6) is 0. The molecule has 0 aliphatic rings. The number of nitrogens with one attached hydrogen (secondary N) is 1. The van der Waals surface area contributed by atoms with Crippen molar-refractivity contribution in [2.45, 2.75) is 62.6 Å². The van der Waals surface area contributed by atoms with Gasteiger partial charge in [0, 0.05) is 28.3 Å². The number of nitro groups is 1. The van der Waals surface area contributed by atoms with Crippen LogP contribution in [0.4, 0.5) is 5.69 Å². The lowest BCUT2D eigenvalue weighted by molar-refractivity contribution is -0.384. The van der Waals surface area contributed by atoms with Crippen molar-refractivity contribution in [2.24, 2.45) is 0 Å². The van der Waals surface area contributed by atoms with E-state index >= 15 is 0 Å². The van der Waals surface area contributed by atoms with E-state index in [0.29, 0.717) is 11.3 Å². The molecule has 0 saturated carbocycles. The Kier molecular flexibility index (Phi) is 8.38. The SMILES string of the molecule is CCCNC(CCC)C(CC)Sc1ccc([N+](=O)[O-])cc1. The molecule has 0 aliphatic heterocycles. The van der Waals surface area contributed by atoms with E-state index in [1.807, 2.05) is 23.9 Å². The van der Waals surface area contributed by atoms with Crippen LogP contribution in [0.1, 0.15) is 46.5 Å². The van der Waals surface area contributed by atoms with Gasteiger partial charge in [-0.25, -0.2) is 0 Å². The molecule has 0 amide bonds. The summed E-state index contributed by atoms with van der Waals surface area (Å²) in [6.45, 7) is 7.64. The Labute approximate surface area is 131 Å². The first-order valence-corrected chi connectivity index (χ1v) is 8.64. The third-order valence-electron chi connectivity index (χ3n) is 3.44. The Balaban J connectivity index is 2.71. The van der Waals surface area contributed by atoms with Gasteiger partial charge in [0.2, 0.25) is 0 Å². The lowest BCUT2D eigenvalue weighted by Crippen LogP contribution is -2.38. The fraction of sp³-hybridized carbons (Fsp3) is 0.625. The van der Waals surface area contributed by atoms with Crippen LogP contribution < -0.4 is 5.32 Å². The molecule has 0 heterocycles. The van der Waals surface area contributed by atoms with Crippen LogP contribution in [-0.4, -0.2) is 22.8 Å². The van der Waals surface area contributed by atoms with Gasteiger partial charge < -0.3 is 5.32 Å². The average molecular weight is 310 g/mol. The summed E-state index contributed by atoms with van der Waals surface area (Å²) in [5.41, 5.74) is 0.154. The van der Waals surface area contributed by atoms with Gasteiger partial charge in [-0.3, -0.25) is 10.1 Å². The lowest BCUT2D eigenvalue weighted by atomic mass is 10.1. The van der Waals surface area contributed by atoms with Crippen molar-refractivity contribution in [1.29, 1.82) is 0 Å². The molecule has 0 radical (unpaired) electrons. The van der Waals surface area contributed by atoms with Crippen LogP contribution in [0.3, 0.4) is 0 Å². The largest absolute Gasteiger partial charge is 0.313 e. The van der Waals surface area contributed by atoms with Crippen LogP contribution >= 0.6 is 11.8 Å². The molecule has 0 spiro atoms. The molecule has 5 heteroatoms. The summed E-state index contributed by atoms with van der Waals surface area (Å²) in [7, 11) is 0. The zero-order chi connectivity index (χ0) is 15.7. The molecule has 1 aromatic carbocycles. The van der Waals surface area contributed by atoms with Crippen molar-refractivity contribution in [1.82, 2.24) is 5.32 Å². The molecule has 0 aliphatic carbocycles. The highest BCUT2D eigenvalue weighted by atomic mass is 32.2. The Morgan fingerprint density at radius 2 is 1.86 bits per heavy atom. The van der Waals surface area contributed by atoms with Crippen molar-refractivity contribution < 1.29 is 4.92 Å². The van der Waals surface area contributed by atoms with Crippen LogP contribution in [0, 0.1) is 10.1 Å². The lowest BCUT2D eigenvalue weighted by Gasteiger charge is -2.26. The number of thioether (sulfide) groups is 1. The van der Waals surface area contributed by atoms with Crippen LogP contribution in [0.25, 0.3) is 0 Å². The van der Waals surface area contributed by atoms with Gasteiger partial charge >= 0.3 is 0 Å². The first-order chi connectivity index (χ1) is 10.1. The highest BCUT2D eigenvalue weighted by Crippen LogP contribution is 2.30. The number of nitrogens with zero attached hydrogens (tertiary/aromatic N) is 1. The highest BCUT2D eigenvalue weighted by molar-refractivity contribution is 8.00. The highest BCUT2D eigenvalue weighted by Gasteiger charge is 2.20. The summed E-state index contributed by atoms with van der Waals surface area (Å²) in [4.78, 5) is 11.4. The quantitative estimate of drug-likeness (QED) is 0.389. The predicted molar refractivity (Wildman–Crippen MR) is 90.0 cm³/mol. The minimum atomic E-state index is -0.353. The second kappa shape index (κ2) is 9.79. The second-order valence-corrected chi connectivity index (χ2v) is 6.48. The van der Waals surface area contributed by atoms with Crippen molar-refractivity contribution in [3.05, 3.63) is 34.4 Å². The van der Waals surface area contributed by atoms with Crippen LogP contribution in [0.5, 0.6) is 0 Å². The van der Waals surface area contributed by atoms with Gasteiger partial charge in [0.25, 0.3) is 5.69 Å². The first-order valence-electron chi connectivity index (χ1n) is 7.76. The molecule has 0 aromatic heterocycles. The maximum absolute atomic E-state index is 10.7. The average Bonchev–Trinajstić information content (AvgIpc) is 2.49. The van der Waals surface area contributed by atoms with E-state index in [0.717, 1.165) is 24.3 Å². The Hall–Kier alpha value is -1.07. The number of hydrogen-bond acceptors (Lipinski definition) is 4. The third kappa shape index (κ3) is 6.06. The molecule has 1 N–H and O–H groups in total. The summed E-state index contributed by atoms with van der Waals surface area (Å²) in [6, 6.07) is 7.38. The summed E-state index contributed by atoms with van der Waals surface area (Å²) in [6.07, 6.45) is 4.55. The van der Waals surface area contributed by atoms with Crippen LogP contribution in [-0.2, 0) is 0 Å². The summed E-state index contributed by atoms with van der Waals surface area (Å²) < 4.78 is 0. The molecule has 0 saturated heterocycles. The zero-order valence-electron chi connectivity index (χ0n) is 13.2. The number of benzene rings is 1. The molecule has 2 unspecified atom stereocenters. The molecular weight excluding hydrogens is 284 g/mol. The van der Waals surface area contributed by atoms with E-state index in [4.69, 9.17) is 0 Å². The van der Waals surface area contributed by atoms with E-state index in [9.17, 15) is 10.1 Å². The molecule has 1 aromatic rings. The normalized spacial score (nSPS) is 13.9. The minimum absolute atomic E-state index is 0.154. The van der Waals surface area contributed by atoms with Crippen LogP contribution in [0.2, 0.25) is 0 Å². The molecule has 0 fully saturated rings. The van der Waals surface area contributed by atoms with E-state index in [-0.39, 0.29) is 10.6 Å². The van der Waals surface area contributed by atoms with Gasteiger partial charge in [-0.15, -0.1) is 11.8 Å². The van der Waals surface area contributed by atoms with Crippen molar-refractivity contribution in [3.8, 4) is 0 Å². The number of nitro benzene ring substituents is 1. The van der Waals surface area contributed by atoms with Crippen LogP contribution in [0.15, 0.2) is 29.2 Å². The van der Waals surface area contributed by atoms with Crippen molar-refractivity contribution in [3.63, 3.8) is 0 Å². The Morgan fingerprint density at radius 1 is 1.19 bits per heavy atom. The molecule has 0 bridgehead atoms. The van der Waals surface area contributed by atoms with Crippen molar-refractivity contribution >= 4 is 17.4 Å². The number of non-ortho nitro benzene ring substituents is 1. The maximum Gasteiger partial charge on any atom is 0.269 e. The van der Waals surface area contributed by atoms with E-state index in [1.54, 1.807) is 12.1 Å². The zero-order valence-corrected chi connectivity index (χ0v) is 14.0. The second-order valence-electron chi connectivity index (χ2n) is 5.16. The van der Waals surface area contributed by atoms with E-state index < -0.39 is 0 Å². The van der Waals surface area contributed by atoms with Gasteiger partial charge in [0.05, 0.1) is 4.92 Å². The van der Waals surface area contributed by atoms with Gasteiger partial charge in [0.1, 0.15) is 0 Å². The van der Waals surface area contributed by atoms with Gasteiger partial charge in [-0.05, 0) is 37.9 Å². The topological polar surface area (TPSA) is 55.2 Å². The standard InChI is InChI=1S/C16H26N2O2S/c1-4-7-15(17-12-5-2)16(6-3)21-14-10-8-13(9-11-14)18(19)20/h8-11,15-17H,4-7,12H2,1-3H3. The number of rotatable bonds is 10. The van der Waals surface area contributed by atoms with E-state index in [1.165, 1.54) is 12.8 Å². The van der Waals surface area contributed by atoms with Crippen molar-refractivity contribution in [2.75, 3.05) is 6.54 Å². The first kappa shape index (κ1) is 18.0. The van der Waals surface area contributed by atoms with E-state index in [2.05, 4.69) is 26.1 Å². The molecule has 2 atom stereocenters. The predicted octanol–water partition coefficient (Wildman–Crippen LogP) is 4.63. The van der Waals surface area contributed by atoms with Gasteiger partial charge in [0.15, 0.2) is 0 Å². The summed E-state index contributed by atoms with van der Waals surface area (Å²) in [5, 5.41) is 14.8. The Morgan fingerprint density at radius 3 is 2.33 bits per heavy atom.